The number of amides is 1. The van der Waals surface area contributed by atoms with Crippen LogP contribution in [0.15, 0.2) is 0 Å². The molecule has 0 aromatic carbocycles. The largest absolute Gasteiger partial charge is 0.452 e. The number of ether oxygens (including phenoxy) is 1. The summed E-state index contributed by atoms with van der Waals surface area (Å²) in [6, 6.07) is 0.156. The number of esters is 1. The molecule has 1 saturated heterocycles. The van der Waals surface area contributed by atoms with Crippen molar-refractivity contribution in [2.75, 3.05) is 13.1 Å². The van der Waals surface area contributed by atoms with Gasteiger partial charge in [-0.1, -0.05) is 13.8 Å². The number of nitrogens with two attached hydrogens (primary N) is 1. The summed E-state index contributed by atoms with van der Waals surface area (Å²) in [5, 5.41) is 0. The maximum Gasteiger partial charge on any atom is 0.306 e. The molecule has 1 aliphatic rings. The van der Waals surface area contributed by atoms with Crippen molar-refractivity contribution in [1.29, 1.82) is 0 Å². The smallest absolute Gasteiger partial charge is 0.306 e. The van der Waals surface area contributed by atoms with Crippen LogP contribution in [-0.2, 0) is 14.3 Å². The molecule has 5 nitrogen and oxygen atoms in total. The lowest BCUT2D eigenvalue weighted by Gasteiger charge is -2.21. The van der Waals surface area contributed by atoms with Crippen LogP contribution < -0.4 is 5.73 Å². The van der Waals surface area contributed by atoms with Gasteiger partial charge >= 0.3 is 5.97 Å². The number of hydrogen-bond acceptors (Lipinski definition) is 4. The molecule has 0 aromatic heterocycles. The van der Waals surface area contributed by atoms with Crippen molar-refractivity contribution < 1.29 is 14.3 Å². The van der Waals surface area contributed by atoms with Crippen molar-refractivity contribution >= 4 is 11.9 Å². The average Bonchev–Trinajstić information content (AvgIpc) is 2.69. The van der Waals surface area contributed by atoms with E-state index in [0.29, 0.717) is 31.8 Å². The van der Waals surface area contributed by atoms with Crippen LogP contribution in [0, 0.1) is 11.8 Å². The predicted molar refractivity (Wildman–Crippen MR) is 78.0 cm³/mol. The number of carbonyl (C=O) groups is 2. The zero-order chi connectivity index (χ0) is 15.3. The molecule has 2 atom stereocenters. The molecule has 1 aliphatic heterocycles. The molecular weight excluding hydrogens is 256 g/mol. The average molecular weight is 284 g/mol. The fourth-order valence-corrected chi connectivity index (χ4v) is 2.67. The van der Waals surface area contributed by atoms with Crippen molar-refractivity contribution in [2.45, 2.75) is 59.1 Å². The number of hydrogen-bond donors (Lipinski definition) is 1. The standard InChI is InChI=1S/C15H28N2O3/c1-10(2)7-12(9-16)8-14(18)20-13-5-6-17(11(3)4)15(13)19/h10-13H,5-9,16H2,1-4H3/t12-,13+/m0/s1. The summed E-state index contributed by atoms with van der Waals surface area (Å²) in [6.07, 6.45) is 1.21. The van der Waals surface area contributed by atoms with E-state index in [1.165, 1.54) is 0 Å². The fourth-order valence-electron chi connectivity index (χ4n) is 2.67. The van der Waals surface area contributed by atoms with Crippen LogP contribution >= 0.6 is 0 Å². The van der Waals surface area contributed by atoms with Gasteiger partial charge in [-0.2, -0.15) is 0 Å². The van der Waals surface area contributed by atoms with Gasteiger partial charge in [-0.05, 0) is 38.6 Å². The lowest BCUT2D eigenvalue weighted by atomic mass is 9.94. The maximum absolute atomic E-state index is 12.0. The zero-order valence-corrected chi connectivity index (χ0v) is 13.1. The quantitative estimate of drug-likeness (QED) is 0.720. The molecule has 1 amide bonds. The van der Waals surface area contributed by atoms with E-state index < -0.39 is 6.10 Å². The Morgan fingerprint density at radius 1 is 1.40 bits per heavy atom. The Labute approximate surface area is 121 Å². The first-order valence-electron chi connectivity index (χ1n) is 7.55. The summed E-state index contributed by atoms with van der Waals surface area (Å²) in [5.41, 5.74) is 5.68. The van der Waals surface area contributed by atoms with Crippen molar-refractivity contribution in [3.63, 3.8) is 0 Å². The number of rotatable bonds is 7. The van der Waals surface area contributed by atoms with Crippen LogP contribution in [0.1, 0.15) is 47.0 Å². The summed E-state index contributed by atoms with van der Waals surface area (Å²) >= 11 is 0. The van der Waals surface area contributed by atoms with Gasteiger partial charge in [-0.25, -0.2) is 0 Å². The van der Waals surface area contributed by atoms with Crippen molar-refractivity contribution in [1.82, 2.24) is 4.90 Å². The van der Waals surface area contributed by atoms with E-state index >= 15 is 0 Å². The van der Waals surface area contributed by atoms with Crippen LogP contribution in [0.3, 0.4) is 0 Å². The van der Waals surface area contributed by atoms with Crippen molar-refractivity contribution in [2.24, 2.45) is 17.6 Å². The second kappa shape index (κ2) is 7.62. The van der Waals surface area contributed by atoms with E-state index in [0.717, 1.165) is 6.42 Å². The van der Waals surface area contributed by atoms with Gasteiger partial charge in [0.1, 0.15) is 0 Å². The van der Waals surface area contributed by atoms with Gasteiger partial charge in [0.15, 0.2) is 6.10 Å². The van der Waals surface area contributed by atoms with Gasteiger partial charge in [-0.15, -0.1) is 0 Å². The minimum atomic E-state index is -0.595. The molecule has 2 N–H and O–H groups in total. The Morgan fingerprint density at radius 2 is 2.05 bits per heavy atom. The third-order valence-corrected chi connectivity index (χ3v) is 3.68. The highest BCUT2D eigenvalue weighted by Crippen LogP contribution is 2.20. The number of nitrogens with zero attached hydrogens (tertiary/aromatic N) is 1. The van der Waals surface area contributed by atoms with Crippen molar-refractivity contribution in [3.05, 3.63) is 0 Å². The third-order valence-electron chi connectivity index (χ3n) is 3.68. The zero-order valence-electron chi connectivity index (χ0n) is 13.1. The predicted octanol–water partition coefficient (Wildman–Crippen LogP) is 1.55. The normalized spacial score (nSPS) is 20.9. The molecule has 5 heteroatoms. The SMILES string of the molecule is CC(C)C[C@H](CN)CC(=O)O[C@@H]1CCN(C(C)C)C1=O. The molecule has 0 aliphatic carbocycles. The number of likely N-dealkylation sites (tertiary alicyclic amines) is 1. The van der Waals surface area contributed by atoms with E-state index in [1.807, 2.05) is 13.8 Å². The lowest BCUT2D eigenvalue weighted by molar-refractivity contribution is -0.157. The van der Waals surface area contributed by atoms with Crippen LogP contribution in [0.4, 0.5) is 0 Å². The molecule has 1 rings (SSSR count). The first-order valence-corrected chi connectivity index (χ1v) is 7.55. The molecule has 1 fully saturated rings. The van der Waals surface area contributed by atoms with Gasteiger partial charge in [0.05, 0.1) is 0 Å². The Bertz CT molecular complexity index is 342. The van der Waals surface area contributed by atoms with E-state index in [9.17, 15) is 9.59 Å². The van der Waals surface area contributed by atoms with Crippen molar-refractivity contribution in [3.8, 4) is 0 Å². The van der Waals surface area contributed by atoms with Gasteiger partial charge in [-0.3, -0.25) is 9.59 Å². The molecule has 20 heavy (non-hydrogen) atoms. The monoisotopic (exact) mass is 284 g/mol. The Balaban J connectivity index is 2.45. The van der Waals surface area contributed by atoms with Crippen LogP contribution in [0.25, 0.3) is 0 Å². The second-order valence-corrected chi connectivity index (χ2v) is 6.33. The van der Waals surface area contributed by atoms with E-state index in [-0.39, 0.29) is 23.8 Å². The van der Waals surface area contributed by atoms with Crippen LogP contribution in [-0.4, -0.2) is 42.0 Å². The fraction of sp³-hybridized carbons (Fsp3) is 0.867. The van der Waals surface area contributed by atoms with Crippen LogP contribution in [0.2, 0.25) is 0 Å². The molecule has 1 heterocycles. The Hall–Kier alpha value is -1.10. The summed E-state index contributed by atoms with van der Waals surface area (Å²) in [5.74, 6) is 0.271. The molecule has 0 saturated carbocycles. The molecule has 0 spiro atoms. The van der Waals surface area contributed by atoms with E-state index in [1.54, 1.807) is 4.90 Å². The highest BCUT2D eigenvalue weighted by atomic mass is 16.5. The molecule has 0 unspecified atom stereocenters. The van der Waals surface area contributed by atoms with Gasteiger partial charge in [0, 0.05) is 25.4 Å². The maximum atomic E-state index is 12.0. The highest BCUT2D eigenvalue weighted by molar-refractivity contribution is 5.85. The van der Waals surface area contributed by atoms with E-state index in [2.05, 4.69) is 13.8 Å². The summed E-state index contributed by atoms with van der Waals surface area (Å²) < 4.78 is 5.33. The first kappa shape index (κ1) is 17.0. The minimum absolute atomic E-state index is 0.0680. The summed E-state index contributed by atoms with van der Waals surface area (Å²) in [4.78, 5) is 25.7. The van der Waals surface area contributed by atoms with E-state index in [4.69, 9.17) is 10.5 Å². The molecule has 0 aromatic rings. The number of carbonyl (C=O) groups excluding carboxylic acids is 2. The highest BCUT2D eigenvalue weighted by Gasteiger charge is 2.35. The van der Waals surface area contributed by atoms with Gasteiger partial charge in [0.2, 0.25) is 0 Å². The first-order chi connectivity index (χ1) is 9.35. The van der Waals surface area contributed by atoms with Crippen LogP contribution in [0.5, 0.6) is 0 Å². The topological polar surface area (TPSA) is 72.6 Å². The lowest BCUT2D eigenvalue weighted by Crippen LogP contribution is -2.36. The summed E-state index contributed by atoms with van der Waals surface area (Å²) in [6.45, 7) is 9.29. The molecule has 116 valence electrons. The Morgan fingerprint density at radius 3 is 2.50 bits per heavy atom. The molecule has 0 radical (unpaired) electrons. The molecule has 0 bridgehead atoms. The van der Waals surface area contributed by atoms with Gasteiger partial charge < -0.3 is 15.4 Å². The molecular formula is C15H28N2O3. The van der Waals surface area contributed by atoms with Gasteiger partial charge in [0.25, 0.3) is 5.91 Å². The minimum Gasteiger partial charge on any atom is -0.452 e. The third kappa shape index (κ3) is 4.78. The second-order valence-electron chi connectivity index (χ2n) is 6.33. The summed E-state index contributed by atoms with van der Waals surface area (Å²) in [7, 11) is 0. The Kier molecular flexibility index (Phi) is 6.46.